The summed E-state index contributed by atoms with van der Waals surface area (Å²) in [5.41, 5.74) is 0. The van der Waals surface area contributed by atoms with Crippen molar-refractivity contribution in [2.24, 2.45) is 10.9 Å². The third-order valence-electron chi connectivity index (χ3n) is 0.770. The van der Waals surface area contributed by atoms with Crippen LogP contribution in [0.3, 0.4) is 0 Å². The van der Waals surface area contributed by atoms with E-state index >= 15 is 0 Å². The van der Waals surface area contributed by atoms with Crippen LogP contribution in [0.1, 0.15) is 13.8 Å². The van der Waals surface area contributed by atoms with E-state index in [1.54, 1.807) is 13.8 Å². The third kappa shape index (κ3) is 4.52. The van der Waals surface area contributed by atoms with Gasteiger partial charge in [-0.3, -0.25) is 5.41 Å². The minimum absolute atomic E-state index is 0.0716. The molecule has 0 aliphatic heterocycles. The fourth-order valence-electron chi connectivity index (χ4n) is 0.297. The molecule has 0 aromatic carbocycles. The van der Waals surface area contributed by atoms with Gasteiger partial charge in [-0.05, 0) is 5.92 Å². The van der Waals surface area contributed by atoms with Crippen molar-refractivity contribution in [2.75, 3.05) is 0 Å². The van der Waals surface area contributed by atoms with E-state index < -0.39 is 12.0 Å². The number of aliphatic imine (C=N–C) groups is 1. The predicted molar refractivity (Wildman–Crippen MR) is 37.1 cm³/mol. The first-order valence-corrected chi connectivity index (χ1v) is 3.04. The Balaban J connectivity index is 4.09. The van der Waals surface area contributed by atoms with Crippen molar-refractivity contribution in [2.45, 2.75) is 20.0 Å². The van der Waals surface area contributed by atoms with Crippen LogP contribution in [-0.2, 0) is 0 Å². The zero-order valence-corrected chi connectivity index (χ0v) is 6.24. The van der Waals surface area contributed by atoms with Crippen molar-refractivity contribution in [3.63, 3.8) is 0 Å². The number of amidine groups is 1. The van der Waals surface area contributed by atoms with Crippen LogP contribution in [0, 0.1) is 11.3 Å². The molecule has 0 aromatic rings. The molecular weight excluding hydrogens is 157 g/mol. The topological polar surface area (TPSA) is 36.2 Å². The van der Waals surface area contributed by atoms with Gasteiger partial charge < -0.3 is 0 Å². The molecule has 0 amide bonds. The lowest BCUT2D eigenvalue weighted by atomic mass is 10.2. The molecule has 2 nitrogen and oxygen atoms in total. The van der Waals surface area contributed by atoms with Gasteiger partial charge in [-0.1, -0.05) is 13.8 Å². The monoisotopic (exact) mass is 166 g/mol. The first-order valence-electron chi connectivity index (χ1n) is 3.04. The van der Waals surface area contributed by atoms with Gasteiger partial charge in [-0.25, -0.2) is 4.99 Å². The SMILES string of the molecule is CC(C)C=NC(=N)C(F)(F)F. The normalized spacial score (nSPS) is 12.9. The summed E-state index contributed by atoms with van der Waals surface area (Å²) < 4.78 is 34.7. The van der Waals surface area contributed by atoms with Crippen molar-refractivity contribution in [1.82, 2.24) is 0 Å². The smallest absolute Gasteiger partial charge is 0.279 e. The molecule has 0 heterocycles. The van der Waals surface area contributed by atoms with Crippen LogP contribution in [0.4, 0.5) is 13.2 Å². The minimum Gasteiger partial charge on any atom is -0.279 e. The van der Waals surface area contributed by atoms with E-state index in [4.69, 9.17) is 5.41 Å². The first-order chi connectivity index (χ1) is 4.84. The summed E-state index contributed by atoms with van der Waals surface area (Å²) in [5, 5.41) is 6.41. The molecule has 0 bridgehead atoms. The number of alkyl halides is 3. The van der Waals surface area contributed by atoms with Gasteiger partial charge in [-0.15, -0.1) is 0 Å². The largest absolute Gasteiger partial charge is 0.450 e. The van der Waals surface area contributed by atoms with Gasteiger partial charge in [0.1, 0.15) is 0 Å². The number of nitrogens with zero attached hydrogens (tertiary/aromatic N) is 1. The lowest BCUT2D eigenvalue weighted by molar-refractivity contribution is -0.0604. The predicted octanol–water partition coefficient (Wildman–Crippen LogP) is 2.25. The van der Waals surface area contributed by atoms with Crippen molar-refractivity contribution in [3.8, 4) is 0 Å². The van der Waals surface area contributed by atoms with E-state index in [9.17, 15) is 13.2 Å². The quantitative estimate of drug-likeness (QED) is 0.458. The Bertz CT molecular complexity index is 169. The second-order valence-electron chi connectivity index (χ2n) is 2.37. The second kappa shape index (κ2) is 3.50. The molecule has 64 valence electrons. The maximum absolute atomic E-state index is 11.6. The highest BCUT2D eigenvalue weighted by Gasteiger charge is 2.34. The lowest BCUT2D eigenvalue weighted by Gasteiger charge is -2.02. The van der Waals surface area contributed by atoms with Crippen LogP contribution < -0.4 is 0 Å². The Labute approximate surface area is 62.6 Å². The Kier molecular flexibility index (Phi) is 3.22. The molecule has 0 atom stereocenters. The van der Waals surface area contributed by atoms with Crippen LogP contribution in [0.5, 0.6) is 0 Å². The van der Waals surface area contributed by atoms with E-state index in [2.05, 4.69) is 4.99 Å². The minimum atomic E-state index is -4.62. The van der Waals surface area contributed by atoms with E-state index in [1.807, 2.05) is 0 Å². The molecule has 0 radical (unpaired) electrons. The summed E-state index contributed by atoms with van der Waals surface area (Å²) >= 11 is 0. The molecular formula is C6H9F3N2. The average Bonchev–Trinajstić information content (AvgIpc) is 1.80. The zero-order chi connectivity index (χ0) is 9.07. The number of rotatable bonds is 1. The van der Waals surface area contributed by atoms with Gasteiger partial charge in [0, 0.05) is 6.21 Å². The molecule has 5 heteroatoms. The first kappa shape index (κ1) is 10.1. The van der Waals surface area contributed by atoms with Crippen LogP contribution >= 0.6 is 0 Å². The highest BCUT2D eigenvalue weighted by Crippen LogP contribution is 2.16. The number of hydrogen-bond acceptors (Lipinski definition) is 1. The van der Waals surface area contributed by atoms with E-state index in [0.29, 0.717) is 0 Å². The molecule has 0 rings (SSSR count). The fraction of sp³-hybridized carbons (Fsp3) is 0.667. The molecule has 0 fully saturated rings. The summed E-state index contributed by atoms with van der Waals surface area (Å²) in [5.74, 6) is -1.62. The Morgan fingerprint density at radius 3 is 2.18 bits per heavy atom. The van der Waals surface area contributed by atoms with E-state index in [0.717, 1.165) is 6.21 Å². The van der Waals surface area contributed by atoms with Gasteiger partial charge in [-0.2, -0.15) is 13.2 Å². The van der Waals surface area contributed by atoms with Gasteiger partial charge in [0.25, 0.3) is 0 Å². The van der Waals surface area contributed by atoms with Crippen LogP contribution in [-0.4, -0.2) is 18.2 Å². The van der Waals surface area contributed by atoms with Crippen molar-refractivity contribution >= 4 is 12.1 Å². The van der Waals surface area contributed by atoms with E-state index in [1.165, 1.54) is 0 Å². The Morgan fingerprint density at radius 2 is 1.91 bits per heavy atom. The van der Waals surface area contributed by atoms with Crippen LogP contribution in [0.25, 0.3) is 0 Å². The summed E-state index contributed by atoms with van der Waals surface area (Å²) in [7, 11) is 0. The molecule has 0 saturated heterocycles. The maximum Gasteiger partial charge on any atom is 0.450 e. The molecule has 11 heavy (non-hydrogen) atoms. The average molecular weight is 166 g/mol. The number of hydrogen-bond donors (Lipinski definition) is 1. The maximum atomic E-state index is 11.6. The van der Waals surface area contributed by atoms with Crippen molar-refractivity contribution in [1.29, 1.82) is 5.41 Å². The van der Waals surface area contributed by atoms with Gasteiger partial charge in [0.05, 0.1) is 0 Å². The lowest BCUT2D eigenvalue weighted by Crippen LogP contribution is -2.19. The second-order valence-corrected chi connectivity index (χ2v) is 2.37. The van der Waals surface area contributed by atoms with Crippen molar-refractivity contribution < 1.29 is 13.2 Å². The molecule has 1 N–H and O–H groups in total. The number of halogens is 3. The van der Waals surface area contributed by atoms with Crippen LogP contribution in [0.15, 0.2) is 4.99 Å². The molecule has 0 spiro atoms. The standard InChI is InChI=1S/C6H9F3N2/c1-4(2)3-11-5(10)6(7,8)9/h3-4,10H,1-2H3. The highest BCUT2D eigenvalue weighted by atomic mass is 19.4. The van der Waals surface area contributed by atoms with Gasteiger partial charge in [0.2, 0.25) is 5.84 Å². The van der Waals surface area contributed by atoms with Gasteiger partial charge >= 0.3 is 6.18 Å². The van der Waals surface area contributed by atoms with Gasteiger partial charge in [0.15, 0.2) is 0 Å². The summed E-state index contributed by atoms with van der Waals surface area (Å²) in [6.07, 6.45) is -3.53. The molecule has 0 aliphatic carbocycles. The zero-order valence-electron chi connectivity index (χ0n) is 6.24. The highest BCUT2D eigenvalue weighted by molar-refractivity contribution is 5.91. The fourth-order valence-corrected chi connectivity index (χ4v) is 0.297. The summed E-state index contributed by atoms with van der Waals surface area (Å²) in [6.45, 7) is 3.38. The Hall–Kier alpha value is -0.870. The van der Waals surface area contributed by atoms with Crippen LogP contribution in [0.2, 0.25) is 0 Å². The summed E-state index contributed by atoms with van der Waals surface area (Å²) in [4.78, 5) is 2.93. The van der Waals surface area contributed by atoms with Crippen molar-refractivity contribution in [3.05, 3.63) is 0 Å². The molecule has 0 unspecified atom stereocenters. The number of nitrogens with one attached hydrogen (secondary N) is 1. The summed E-state index contributed by atoms with van der Waals surface area (Å²) in [6, 6.07) is 0. The van der Waals surface area contributed by atoms with E-state index in [-0.39, 0.29) is 5.92 Å². The molecule has 0 aromatic heterocycles. The molecule has 0 saturated carbocycles. The third-order valence-corrected chi connectivity index (χ3v) is 0.770. The Morgan fingerprint density at radius 1 is 1.45 bits per heavy atom. The molecule has 0 aliphatic rings.